The monoisotopic (exact) mass is 411 g/mol. The van der Waals surface area contributed by atoms with Gasteiger partial charge in [0, 0.05) is 30.7 Å². The molecule has 0 bridgehead atoms. The first kappa shape index (κ1) is 19.9. The van der Waals surface area contributed by atoms with Gasteiger partial charge < -0.3 is 9.80 Å². The second kappa shape index (κ2) is 8.93. The van der Waals surface area contributed by atoms with Gasteiger partial charge >= 0.3 is 0 Å². The number of likely N-dealkylation sites (tertiary alicyclic amines) is 1. The average molecular weight is 412 g/mol. The van der Waals surface area contributed by atoms with Gasteiger partial charge in [0.15, 0.2) is 0 Å². The van der Waals surface area contributed by atoms with Crippen molar-refractivity contribution < 1.29 is 4.79 Å². The molecule has 3 aromatic rings. The minimum Gasteiger partial charge on any atom is -0.341 e. The number of rotatable bonds is 6. The highest BCUT2D eigenvalue weighted by Crippen LogP contribution is 2.20. The Kier molecular flexibility index (Phi) is 6.11. The van der Waals surface area contributed by atoms with Crippen molar-refractivity contribution in [2.45, 2.75) is 19.3 Å². The summed E-state index contributed by atoms with van der Waals surface area (Å²) in [4.78, 5) is 17.1. The van der Waals surface area contributed by atoms with Crippen LogP contribution in [0.15, 0.2) is 42.5 Å². The lowest BCUT2D eigenvalue weighted by Gasteiger charge is -2.34. The Hall–Kier alpha value is -2.44. The second-order valence-corrected chi connectivity index (χ2v) is 8.31. The number of halogens is 1. The number of carbonyl (C=O) groups excluding carboxylic acids is 1. The zero-order chi connectivity index (χ0) is 20.2. The molecule has 1 saturated heterocycles. The summed E-state index contributed by atoms with van der Waals surface area (Å²) >= 11 is 5.95. The SMILES string of the molecule is CN(CC1CCN(CCc2ccc(Cl)cc2)CC1)C(=O)c1ccc2n[nH]nc2c1. The molecule has 1 amide bonds. The normalized spacial score (nSPS) is 15.7. The van der Waals surface area contributed by atoms with E-state index in [4.69, 9.17) is 11.6 Å². The molecule has 1 aliphatic rings. The second-order valence-electron chi connectivity index (χ2n) is 7.87. The third-order valence-electron chi connectivity index (χ3n) is 5.78. The van der Waals surface area contributed by atoms with Crippen LogP contribution in [0.2, 0.25) is 5.02 Å². The zero-order valence-corrected chi connectivity index (χ0v) is 17.4. The predicted octanol–water partition coefficient (Wildman–Crippen LogP) is 3.64. The largest absolute Gasteiger partial charge is 0.341 e. The van der Waals surface area contributed by atoms with E-state index in [1.54, 1.807) is 6.07 Å². The smallest absolute Gasteiger partial charge is 0.253 e. The molecule has 29 heavy (non-hydrogen) atoms. The summed E-state index contributed by atoms with van der Waals surface area (Å²) in [6.45, 7) is 4.04. The van der Waals surface area contributed by atoms with E-state index in [2.05, 4.69) is 32.4 Å². The highest BCUT2D eigenvalue weighted by molar-refractivity contribution is 6.30. The maximum atomic E-state index is 12.8. The van der Waals surface area contributed by atoms with Crippen molar-refractivity contribution in [2.75, 3.05) is 33.2 Å². The van der Waals surface area contributed by atoms with E-state index in [0.29, 0.717) is 11.5 Å². The van der Waals surface area contributed by atoms with Gasteiger partial charge in [0.05, 0.1) is 0 Å². The fraction of sp³-hybridized carbons (Fsp3) is 0.409. The lowest BCUT2D eigenvalue weighted by atomic mass is 9.95. The van der Waals surface area contributed by atoms with Crippen molar-refractivity contribution >= 4 is 28.5 Å². The molecule has 0 radical (unpaired) electrons. The van der Waals surface area contributed by atoms with E-state index in [-0.39, 0.29) is 5.91 Å². The molecule has 2 heterocycles. The molecular formula is C22H26ClN5O. The number of aromatic nitrogens is 3. The van der Waals surface area contributed by atoms with Gasteiger partial charge in [0.25, 0.3) is 5.91 Å². The van der Waals surface area contributed by atoms with Gasteiger partial charge in [-0.2, -0.15) is 15.4 Å². The van der Waals surface area contributed by atoms with Gasteiger partial charge in [-0.3, -0.25) is 4.79 Å². The van der Waals surface area contributed by atoms with Gasteiger partial charge in [0.2, 0.25) is 0 Å². The van der Waals surface area contributed by atoms with E-state index in [1.807, 2.05) is 36.2 Å². The van der Waals surface area contributed by atoms with Crippen LogP contribution in [-0.4, -0.2) is 64.3 Å². The number of carbonyl (C=O) groups is 1. The highest BCUT2D eigenvalue weighted by atomic mass is 35.5. The van der Waals surface area contributed by atoms with Gasteiger partial charge in [-0.25, -0.2) is 0 Å². The van der Waals surface area contributed by atoms with Crippen molar-refractivity contribution in [3.63, 3.8) is 0 Å². The van der Waals surface area contributed by atoms with Gasteiger partial charge in [-0.05, 0) is 74.2 Å². The van der Waals surface area contributed by atoms with Crippen molar-refractivity contribution in [1.29, 1.82) is 0 Å². The molecule has 1 N–H and O–H groups in total. The fourth-order valence-electron chi connectivity index (χ4n) is 3.99. The number of amides is 1. The number of fused-ring (bicyclic) bond motifs is 1. The Balaban J connectivity index is 1.24. The van der Waals surface area contributed by atoms with Crippen LogP contribution in [0.4, 0.5) is 0 Å². The average Bonchev–Trinajstić information content (AvgIpc) is 3.21. The summed E-state index contributed by atoms with van der Waals surface area (Å²) in [6.07, 6.45) is 3.30. The van der Waals surface area contributed by atoms with Gasteiger partial charge in [0.1, 0.15) is 11.0 Å². The first-order valence-electron chi connectivity index (χ1n) is 10.1. The Bertz CT molecular complexity index is 963. The van der Waals surface area contributed by atoms with Crippen LogP contribution in [0.1, 0.15) is 28.8 Å². The van der Waals surface area contributed by atoms with Crippen molar-refractivity contribution in [3.05, 3.63) is 58.6 Å². The van der Waals surface area contributed by atoms with Crippen molar-refractivity contribution in [3.8, 4) is 0 Å². The number of nitrogens with zero attached hydrogens (tertiary/aromatic N) is 4. The minimum atomic E-state index is 0.0417. The topological polar surface area (TPSA) is 65.1 Å². The third-order valence-corrected chi connectivity index (χ3v) is 6.03. The summed E-state index contributed by atoms with van der Waals surface area (Å²) in [7, 11) is 1.89. The summed E-state index contributed by atoms with van der Waals surface area (Å²) in [5.41, 5.74) is 3.48. The fourth-order valence-corrected chi connectivity index (χ4v) is 4.12. The first-order chi connectivity index (χ1) is 14.1. The standard InChI is InChI=1S/C22H26ClN5O/c1-27(22(29)18-4-7-20-21(14-18)25-26-24-20)15-17-9-12-28(13-10-17)11-8-16-2-5-19(23)6-3-16/h2-7,14,17H,8-13,15H2,1H3,(H,24,25,26). The van der Waals surface area contributed by atoms with Crippen LogP contribution in [0.5, 0.6) is 0 Å². The van der Waals surface area contributed by atoms with E-state index in [9.17, 15) is 4.79 Å². The van der Waals surface area contributed by atoms with E-state index in [1.165, 1.54) is 5.56 Å². The van der Waals surface area contributed by atoms with Crippen LogP contribution in [0.3, 0.4) is 0 Å². The number of benzene rings is 2. The molecular weight excluding hydrogens is 386 g/mol. The van der Waals surface area contributed by atoms with Crippen LogP contribution >= 0.6 is 11.6 Å². The highest BCUT2D eigenvalue weighted by Gasteiger charge is 2.22. The van der Waals surface area contributed by atoms with E-state index < -0.39 is 0 Å². The van der Waals surface area contributed by atoms with Crippen molar-refractivity contribution in [2.24, 2.45) is 5.92 Å². The Labute approximate surface area is 175 Å². The summed E-state index contributed by atoms with van der Waals surface area (Å²) in [5, 5.41) is 11.5. The molecule has 6 nitrogen and oxygen atoms in total. The molecule has 0 spiro atoms. The number of hydrogen-bond acceptors (Lipinski definition) is 4. The predicted molar refractivity (Wildman–Crippen MR) is 115 cm³/mol. The summed E-state index contributed by atoms with van der Waals surface area (Å²) < 4.78 is 0. The number of H-pyrrole nitrogens is 1. The first-order valence-corrected chi connectivity index (χ1v) is 10.5. The van der Waals surface area contributed by atoms with Crippen molar-refractivity contribution in [1.82, 2.24) is 25.2 Å². The molecule has 0 saturated carbocycles. The molecule has 0 aliphatic carbocycles. The molecule has 0 atom stereocenters. The van der Waals surface area contributed by atoms with Crippen LogP contribution in [0, 0.1) is 5.92 Å². The molecule has 7 heteroatoms. The zero-order valence-electron chi connectivity index (χ0n) is 16.6. The number of aromatic amines is 1. The number of hydrogen-bond donors (Lipinski definition) is 1. The Morgan fingerprint density at radius 2 is 1.86 bits per heavy atom. The number of nitrogens with one attached hydrogen (secondary N) is 1. The number of piperidine rings is 1. The molecule has 0 unspecified atom stereocenters. The molecule has 4 rings (SSSR count). The van der Waals surface area contributed by atoms with E-state index >= 15 is 0 Å². The lowest BCUT2D eigenvalue weighted by Crippen LogP contribution is -2.40. The Morgan fingerprint density at radius 3 is 2.62 bits per heavy atom. The maximum Gasteiger partial charge on any atom is 0.253 e. The van der Waals surface area contributed by atoms with Crippen LogP contribution in [0.25, 0.3) is 11.0 Å². The lowest BCUT2D eigenvalue weighted by molar-refractivity contribution is 0.0740. The van der Waals surface area contributed by atoms with Crippen LogP contribution < -0.4 is 0 Å². The van der Waals surface area contributed by atoms with Gasteiger partial charge in [-0.15, -0.1) is 0 Å². The molecule has 1 aromatic heterocycles. The molecule has 1 aliphatic heterocycles. The van der Waals surface area contributed by atoms with Crippen LogP contribution in [-0.2, 0) is 6.42 Å². The molecule has 1 fully saturated rings. The maximum absolute atomic E-state index is 12.8. The molecule has 152 valence electrons. The van der Waals surface area contributed by atoms with E-state index in [0.717, 1.165) is 61.5 Å². The molecule has 2 aromatic carbocycles. The summed E-state index contributed by atoms with van der Waals surface area (Å²) in [5.74, 6) is 0.589. The summed E-state index contributed by atoms with van der Waals surface area (Å²) in [6, 6.07) is 13.6. The quantitative estimate of drug-likeness (QED) is 0.672. The van der Waals surface area contributed by atoms with Gasteiger partial charge in [-0.1, -0.05) is 23.7 Å². The minimum absolute atomic E-state index is 0.0417. The Morgan fingerprint density at radius 1 is 1.14 bits per heavy atom. The third kappa shape index (κ3) is 4.95.